The highest BCUT2D eigenvalue weighted by atomic mass is 16.6. The highest BCUT2D eigenvalue weighted by Gasteiger charge is 2.72. The van der Waals surface area contributed by atoms with Crippen LogP contribution in [0.1, 0.15) is 45.6 Å². The maximum atomic E-state index is 12.7. The van der Waals surface area contributed by atoms with Gasteiger partial charge in [0.15, 0.2) is 0 Å². The summed E-state index contributed by atoms with van der Waals surface area (Å²) in [5.74, 6) is 0.386. The Labute approximate surface area is 208 Å². The summed E-state index contributed by atoms with van der Waals surface area (Å²) >= 11 is 0. The molecule has 35 heavy (non-hydrogen) atoms. The van der Waals surface area contributed by atoms with Crippen molar-refractivity contribution in [2.75, 3.05) is 34.0 Å². The lowest BCUT2D eigenvalue weighted by molar-refractivity contribution is -0.166. The molecule has 0 amide bonds. The van der Waals surface area contributed by atoms with E-state index in [0.29, 0.717) is 26.2 Å². The van der Waals surface area contributed by atoms with Gasteiger partial charge in [-0.3, -0.25) is 0 Å². The van der Waals surface area contributed by atoms with Crippen LogP contribution in [0.25, 0.3) is 6.08 Å². The monoisotopic (exact) mass is 486 g/mol. The minimum absolute atomic E-state index is 0.0109. The minimum Gasteiger partial charge on any atom is -0.491 e. The predicted molar refractivity (Wildman–Crippen MR) is 132 cm³/mol. The molecular weight excluding hydrogens is 448 g/mol. The van der Waals surface area contributed by atoms with E-state index in [1.165, 1.54) is 11.6 Å². The summed E-state index contributed by atoms with van der Waals surface area (Å²) in [4.78, 5) is 12.7. The minimum atomic E-state index is -0.383. The van der Waals surface area contributed by atoms with Gasteiger partial charge in [-0.15, -0.1) is 0 Å². The summed E-state index contributed by atoms with van der Waals surface area (Å²) < 4.78 is 34.6. The highest BCUT2D eigenvalue weighted by molar-refractivity contribution is 5.87. The van der Waals surface area contributed by atoms with Gasteiger partial charge >= 0.3 is 5.97 Å². The van der Waals surface area contributed by atoms with Crippen LogP contribution in [0.15, 0.2) is 42.0 Å². The molecule has 1 aliphatic carbocycles. The van der Waals surface area contributed by atoms with Crippen LogP contribution in [0.3, 0.4) is 0 Å². The molecule has 1 aromatic rings. The summed E-state index contributed by atoms with van der Waals surface area (Å²) in [6, 6.07) is 7.52. The van der Waals surface area contributed by atoms with Crippen LogP contribution in [-0.2, 0) is 28.5 Å². The highest BCUT2D eigenvalue weighted by Crippen LogP contribution is 2.59. The predicted octanol–water partition coefficient (Wildman–Crippen LogP) is 4.34. The molecule has 192 valence electrons. The number of rotatable bonds is 11. The molecule has 7 nitrogen and oxygen atoms in total. The van der Waals surface area contributed by atoms with Crippen LogP contribution in [0.2, 0.25) is 0 Å². The van der Waals surface area contributed by atoms with Crippen molar-refractivity contribution in [1.82, 2.24) is 0 Å². The number of epoxide rings is 2. The van der Waals surface area contributed by atoms with Gasteiger partial charge in [-0.05, 0) is 63.8 Å². The van der Waals surface area contributed by atoms with Crippen molar-refractivity contribution in [3.8, 4) is 5.75 Å². The van der Waals surface area contributed by atoms with Gasteiger partial charge in [-0.25, -0.2) is 4.79 Å². The van der Waals surface area contributed by atoms with E-state index in [1.807, 2.05) is 24.3 Å². The number of hydrogen-bond acceptors (Lipinski definition) is 7. The van der Waals surface area contributed by atoms with E-state index in [2.05, 4.69) is 26.8 Å². The number of benzene rings is 1. The van der Waals surface area contributed by atoms with Crippen LogP contribution < -0.4 is 4.74 Å². The van der Waals surface area contributed by atoms with E-state index in [9.17, 15) is 4.79 Å². The molecule has 0 N–H and O–H groups in total. The molecule has 3 fully saturated rings. The second kappa shape index (κ2) is 10.8. The summed E-state index contributed by atoms with van der Waals surface area (Å²) in [6.45, 7) is 8.07. The van der Waals surface area contributed by atoms with Crippen LogP contribution in [0.4, 0.5) is 0 Å². The Balaban J connectivity index is 1.37. The average molecular weight is 487 g/mol. The molecule has 1 saturated carbocycles. The second-order valence-electron chi connectivity index (χ2n) is 10.1. The SMILES string of the molecule is COCCOc1ccc(/C=C/C(=O)O[C@@H]2CCC3(CO3)[C@@H](C3(C)O[C@H]3CC=C(C)C)[C@@H]2OC)cc1. The molecule has 6 atom stereocenters. The molecule has 2 saturated heterocycles. The van der Waals surface area contributed by atoms with E-state index < -0.39 is 0 Å². The summed E-state index contributed by atoms with van der Waals surface area (Å²) in [5.41, 5.74) is 1.58. The number of carbonyl (C=O) groups excluding carboxylic acids is 1. The van der Waals surface area contributed by atoms with Crippen molar-refractivity contribution < 1.29 is 33.2 Å². The Morgan fingerprint density at radius 3 is 2.54 bits per heavy atom. The maximum Gasteiger partial charge on any atom is 0.331 e. The molecule has 2 heterocycles. The molecule has 0 bridgehead atoms. The van der Waals surface area contributed by atoms with Crippen molar-refractivity contribution in [3.63, 3.8) is 0 Å². The first kappa shape index (κ1) is 25.9. The molecule has 1 spiro atoms. The number of allylic oxidation sites excluding steroid dienone is 1. The normalized spacial score (nSPS) is 33.5. The zero-order valence-corrected chi connectivity index (χ0v) is 21.5. The summed E-state index contributed by atoms with van der Waals surface area (Å²) in [6.07, 6.45) is 7.31. The van der Waals surface area contributed by atoms with E-state index in [1.54, 1.807) is 20.3 Å². The fourth-order valence-corrected chi connectivity index (χ4v) is 5.34. The Bertz CT molecular complexity index is 929. The van der Waals surface area contributed by atoms with Crippen LogP contribution in [0.5, 0.6) is 5.75 Å². The fraction of sp³-hybridized carbons (Fsp3) is 0.607. The third kappa shape index (κ3) is 5.97. The molecule has 2 unspecified atom stereocenters. The molecule has 0 aromatic heterocycles. The van der Waals surface area contributed by atoms with Crippen molar-refractivity contribution in [2.45, 2.75) is 69.5 Å². The number of carbonyl (C=O) groups is 1. The quantitative estimate of drug-likeness (QED) is 0.151. The molecule has 7 heteroatoms. The van der Waals surface area contributed by atoms with Crippen molar-refractivity contribution >= 4 is 12.0 Å². The largest absolute Gasteiger partial charge is 0.491 e. The number of methoxy groups -OCH3 is 2. The smallest absolute Gasteiger partial charge is 0.331 e. The topological polar surface area (TPSA) is 79.1 Å². The first-order chi connectivity index (χ1) is 16.8. The Morgan fingerprint density at radius 2 is 1.91 bits per heavy atom. The molecule has 0 radical (unpaired) electrons. The van der Waals surface area contributed by atoms with Crippen LogP contribution in [0, 0.1) is 5.92 Å². The lowest BCUT2D eigenvalue weighted by Gasteiger charge is -2.42. The molecule has 1 aromatic carbocycles. The van der Waals surface area contributed by atoms with Gasteiger partial charge in [-0.2, -0.15) is 0 Å². The Hall–Kier alpha value is -2.19. The molecule has 4 rings (SSSR count). The van der Waals surface area contributed by atoms with Crippen molar-refractivity contribution in [2.24, 2.45) is 5.92 Å². The summed E-state index contributed by atoms with van der Waals surface area (Å²) in [5, 5.41) is 0. The van der Waals surface area contributed by atoms with Gasteiger partial charge in [-0.1, -0.05) is 23.8 Å². The van der Waals surface area contributed by atoms with Crippen molar-refractivity contribution in [1.29, 1.82) is 0 Å². The van der Waals surface area contributed by atoms with Crippen molar-refractivity contribution in [3.05, 3.63) is 47.6 Å². The lowest BCUT2D eigenvalue weighted by atomic mass is 9.68. The van der Waals surface area contributed by atoms with E-state index in [-0.39, 0.29) is 41.4 Å². The molecular formula is C28H38O7. The average Bonchev–Trinajstić information content (AvgIpc) is 3.75. The third-order valence-corrected chi connectivity index (χ3v) is 7.35. The maximum absolute atomic E-state index is 12.7. The molecule has 2 aliphatic heterocycles. The van der Waals surface area contributed by atoms with Gasteiger partial charge in [0, 0.05) is 20.3 Å². The van der Waals surface area contributed by atoms with Gasteiger partial charge in [0.25, 0.3) is 0 Å². The molecule has 3 aliphatic rings. The standard InChI is InChI=1S/C28H38O7/c1-19(2)6-12-23-27(3,35-23)26-25(31-5)22(14-15-28(26)18-33-28)34-24(29)13-9-20-7-10-21(11-8-20)32-17-16-30-4/h6-11,13,22-23,25-26H,12,14-18H2,1-5H3/b13-9+/t22-,23+,25-,26-,27?,28?/m1/s1. The van der Waals surface area contributed by atoms with E-state index >= 15 is 0 Å². The Morgan fingerprint density at radius 1 is 1.17 bits per heavy atom. The van der Waals surface area contributed by atoms with E-state index in [0.717, 1.165) is 24.2 Å². The lowest BCUT2D eigenvalue weighted by Crippen LogP contribution is -2.55. The zero-order chi connectivity index (χ0) is 25.1. The van der Waals surface area contributed by atoms with Crippen LogP contribution >= 0.6 is 0 Å². The third-order valence-electron chi connectivity index (χ3n) is 7.35. The Kier molecular flexibility index (Phi) is 8.01. The number of ether oxygens (including phenoxy) is 6. The fourth-order valence-electron chi connectivity index (χ4n) is 5.34. The zero-order valence-electron chi connectivity index (χ0n) is 21.5. The van der Waals surface area contributed by atoms with Crippen LogP contribution in [-0.4, -0.2) is 69.5 Å². The number of hydrogen-bond donors (Lipinski definition) is 0. The first-order valence-electron chi connectivity index (χ1n) is 12.4. The summed E-state index contributed by atoms with van der Waals surface area (Å²) in [7, 11) is 3.32. The second-order valence-corrected chi connectivity index (χ2v) is 10.1. The first-order valence-corrected chi connectivity index (χ1v) is 12.4. The van der Waals surface area contributed by atoms with Gasteiger partial charge < -0.3 is 28.4 Å². The van der Waals surface area contributed by atoms with Gasteiger partial charge in [0.2, 0.25) is 0 Å². The van der Waals surface area contributed by atoms with E-state index in [4.69, 9.17) is 28.4 Å². The van der Waals surface area contributed by atoms with Gasteiger partial charge in [0.05, 0.1) is 25.2 Å². The number of esters is 1. The van der Waals surface area contributed by atoms with Gasteiger partial charge in [0.1, 0.15) is 35.8 Å².